The molecule has 1 N–H and O–H groups in total. The molecule has 0 spiro atoms. The second-order valence-electron chi connectivity index (χ2n) is 7.14. The lowest BCUT2D eigenvalue weighted by Gasteiger charge is -2.30. The molecule has 2 aliphatic rings. The molecule has 2 saturated heterocycles. The standard InChI is InChI=1S/C20H30ClN3O2S/c21-19-7-2-1-5-17(19)16-24(9-4-8-23-10-13-25-14-11-23)20(27)22-15-18-6-3-12-26-18/h1-2,5,7,18H,3-4,6,8-16H2,(H,22,27). The van der Waals surface area contributed by atoms with Crippen molar-refractivity contribution in [3.05, 3.63) is 34.9 Å². The van der Waals surface area contributed by atoms with Crippen LogP contribution in [0.25, 0.3) is 0 Å². The molecular formula is C20H30ClN3O2S. The number of benzene rings is 1. The van der Waals surface area contributed by atoms with Crippen molar-refractivity contribution >= 4 is 28.9 Å². The van der Waals surface area contributed by atoms with Gasteiger partial charge >= 0.3 is 0 Å². The van der Waals surface area contributed by atoms with Crippen LogP contribution in [0.5, 0.6) is 0 Å². The Morgan fingerprint density at radius 2 is 2.07 bits per heavy atom. The molecule has 1 unspecified atom stereocenters. The van der Waals surface area contributed by atoms with Gasteiger partial charge in [-0.15, -0.1) is 0 Å². The number of thiocarbonyl (C=S) groups is 1. The van der Waals surface area contributed by atoms with Gasteiger partial charge in [-0.1, -0.05) is 29.8 Å². The third-order valence-corrected chi connectivity index (χ3v) is 5.89. The Morgan fingerprint density at radius 3 is 2.81 bits per heavy atom. The van der Waals surface area contributed by atoms with Crippen molar-refractivity contribution in [1.82, 2.24) is 15.1 Å². The van der Waals surface area contributed by atoms with E-state index in [-0.39, 0.29) is 6.10 Å². The van der Waals surface area contributed by atoms with Crippen molar-refractivity contribution in [2.24, 2.45) is 0 Å². The van der Waals surface area contributed by atoms with E-state index in [1.54, 1.807) is 0 Å². The molecule has 1 aromatic rings. The van der Waals surface area contributed by atoms with Gasteiger partial charge < -0.3 is 19.7 Å². The van der Waals surface area contributed by atoms with Gasteiger partial charge in [0.1, 0.15) is 0 Å². The monoisotopic (exact) mass is 411 g/mol. The number of nitrogens with one attached hydrogen (secondary N) is 1. The molecule has 0 aromatic heterocycles. The summed E-state index contributed by atoms with van der Waals surface area (Å²) in [5, 5.41) is 4.98. The predicted molar refractivity (Wildman–Crippen MR) is 113 cm³/mol. The number of ether oxygens (including phenoxy) is 2. The minimum Gasteiger partial charge on any atom is -0.379 e. The van der Waals surface area contributed by atoms with Gasteiger partial charge in [-0.2, -0.15) is 0 Å². The van der Waals surface area contributed by atoms with Gasteiger partial charge in [0.2, 0.25) is 0 Å². The summed E-state index contributed by atoms with van der Waals surface area (Å²) >= 11 is 12.1. The highest BCUT2D eigenvalue weighted by Crippen LogP contribution is 2.18. The average molecular weight is 412 g/mol. The molecule has 0 saturated carbocycles. The molecule has 1 atom stereocenters. The molecule has 0 radical (unpaired) electrons. The lowest BCUT2D eigenvalue weighted by atomic mass is 10.2. The first kappa shape index (κ1) is 20.8. The highest BCUT2D eigenvalue weighted by atomic mass is 35.5. The van der Waals surface area contributed by atoms with E-state index >= 15 is 0 Å². The summed E-state index contributed by atoms with van der Waals surface area (Å²) in [6, 6.07) is 7.99. The van der Waals surface area contributed by atoms with E-state index in [9.17, 15) is 0 Å². The van der Waals surface area contributed by atoms with Gasteiger partial charge in [0.25, 0.3) is 0 Å². The van der Waals surface area contributed by atoms with E-state index in [0.717, 1.165) is 94.1 Å². The van der Waals surface area contributed by atoms with Gasteiger partial charge in [-0.25, -0.2) is 0 Å². The SMILES string of the molecule is S=C(NCC1CCCO1)N(CCCN1CCOCC1)Cc1ccccc1Cl. The average Bonchev–Trinajstić information content (AvgIpc) is 3.21. The topological polar surface area (TPSA) is 37.0 Å². The Hall–Kier alpha value is -0.920. The normalized spacial score (nSPS) is 20.6. The van der Waals surface area contributed by atoms with Crippen LogP contribution < -0.4 is 5.32 Å². The number of hydrogen-bond acceptors (Lipinski definition) is 4. The Balaban J connectivity index is 1.53. The zero-order chi connectivity index (χ0) is 18.9. The molecule has 2 aliphatic heterocycles. The lowest BCUT2D eigenvalue weighted by Crippen LogP contribution is -2.44. The van der Waals surface area contributed by atoms with Crippen LogP contribution in [-0.2, 0) is 16.0 Å². The summed E-state index contributed by atoms with van der Waals surface area (Å²) in [5.41, 5.74) is 1.10. The van der Waals surface area contributed by atoms with Crippen LogP contribution in [0.3, 0.4) is 0 Å². The minimum absolute atomic E-state index is 0.276. The number of halogens is 1. The summed E-state index contributed by atoms with van der Waals surface area (Å²) in [7, 11) is 0. The molecule has 0 amide bonds. The molecular weight excluding hydrogens is 382 g/mol. The van der Waals surface area contributed by atoms with Crippen molar-refractivity contribution in [3.8, 4) is 0 Å². The highest BCUT2D eigenvalue weighted by Gasteiger charge is 2.18. The van der Waals surface area contributed by atoms with E-state index in [1.165, 1.54) is 0 Å². The van der Waals surface area contributed by atoms with Crippen LogP contribution in [0.1, 0.15) is 24.8 Å². The first-order chi connectivity index (χ1) is 13.2. The fourth-order valence-corrected chi connectivity index (χ4v) is 3.95. The molecule has 0 bridgehead atoms. The summed E-state index contributed by atoms with van der Waals surface area (Å²) in [6.45, 7) is 8.05. The molecule has 2 fully saturated rings. The van der Waals surface area contributed by atoms with Crippen molar-refractivity contribution in [2.45, 2.75) is 31.9 Å². The molecule has 2 heterocycles. The number of hydrogen-bond donors (Lipinski definition) is 1. The van der Waals surface area contributed by atoms with E-state index in [0.29, 0.717) is 0 Å². The second-order valence-corrected chi connectivity index (χ2v) is 7.94. The van der Waals surface area contributed by atoms with Gasteiger partial charge in [-0.3, -0.25) is 4.90 Å². The number of nitrogens with zero attached hydrogens (tertiary/aromatic N) is 2. The summed E-state index contributed by atoms with van der Waals surface area (Å²) < 4.78 is 11.1. The Labute approximate surface area is 172 Å². The van der Waals surface area contributed by atoms with Crippen LogP contribution >= 0.6 is 23.8 Å². The minimum atomic E-state index is 0.276. The van der Waals surface area contributed by atoms with Crippen LogP contribution in [0, 0.1) is 0 Å². The quantitative estimate of drug-likeness (QED) is 0.663. The van der Waals surface area contributed by atoms with Crippen LogP contribution in [0.4, 0.5) is 0 Å². The van der Waals surface area contributed by atoms with E-state index in [2.05, 4.69) is 21.2 Å². The molecule has 0 aliphatic carbocycles. The highest BCUT2D eigenvalue weighted by molar-refractivity contribution is 7.80. The lowest BCUT2D eigenvalue weighted by molar-refractivity contribution is 0.0367. The van der Waals surface area contributed by atoms with E-state index < -0.39 is 0 Å². The van der Waals surface area contributed by atoms with Crippen molar-refractivity contribution in [1.29, 1.82) is 0 Å². The Bertz CT molecular complexity index is 592. The van der Waals surface area contributed by atoms with E-state index in [4.69, 9.17) is 33.3 Å². The number of rotatable bonds is 8. The predicted octanol–water partition coefficient (Wildman–Crippen LogP) is 2.92. The Kier molecular flexibility index (Phi) is 8.61. The van der Waals surface area contributed by atoms with Crippen molar-refractivity contribution in [3.63, 3.8) is 0 Å². The van der Waals surface area contributed by atoms with Crippen LogP contribution in [0.2, 0.25) is 5.02 Å². The van der Waals surface area contributed by atoms with Gasteiger partial charge in [0, 0.05) is 50.9 Å². The van der Waals surface area contributed by atoms with Gasteiger partial charge in [0.05, 0.1) is 19.3 Å². The molecule has 150 valence electrons. The maximum atomic E-state index is 6.38. The van der Waals surface area contributed by atoms with Crippen molar-refractivity contribution in [2.75, 3.05) is 52.5 Å². The van der Waals surface area contributed by atoms with Gasteiger partial charge in [-0.05, 0) is 43.1 Å². The van der Waals surface area contributed by atoms with Crippen LogP contribution in [0.15, 0.2) is 24.3 Å². The third kappa shape index (κ3) is 6.88. The largest absolute Gasteiger partial charge is 0.379 e. The maximum Gasteiger partial charge on any atom is 0.169 e. The first-order valence-electron chi connectivity index (χ1n) is 9.90. The summed E-state index contributed by atoms with van der Waals surface area (Å²) in [4.78, 5) is 4.69. The Morgan fingerprint density at radius 1 is 1.26 bits per heavy atom. The van der Waals surface area contributed by atoms with Gasteiger partial charge in [0.15, 0.2) is 5.11 Å². The smallest absolute Gasteiger partial charge is 0.169 e. The van der Waals surface area contributed by atoms with Crippen LogP contribution in [-0.4, -0.2) is 73.6 Å². The molecule has 7 heteroatoms. The fraction of sp³-hybridized carbons (Fsp3) is 0.650. The molecule has 27 heavy (non-hydrogen) atoms. The maximum absolute atomic E-state index is 6.38. The van der Waals surface area contributed by atoms with Crippen molar-refractivity contribution < 1.29 is 9.47 Å². The van der Waals surface area contributed by atoms with E-state index in [1.807, 2.05) is 18.2 Å². The number of morpholine rings is 1. The molecule has 3 rings (SSSR count). The summed E-state index contributed by atoms with van der Waals surface area (Å²) in [5.74, 6) is 0. The second kappa shape index (κ2) is 11.2. The summed E-state index contributed by atoms with van der Waals surface area (Å²) in [6.07, 6.45) is 3.59. The zero-order valence-electron chi connectivity index (χ0n) is 15.9. The molecule has 1 aromatic carbocycles. The first-order valence-corrected chi connectivity index (χ1v) is 10.7. The fourth-order valence-electron chi connectivity index (χ4n) is 3.51. The zero-order valence-corrected chi connectivity index (χ0v) is 17.4. The third-order valence-electron chi connectivity index (χ3n) is 5.12. The molecule has 5 nitrogen and oxygen atoms in total.